The maximum atomic E-state index is 15.3. The molecule has 2 aliphatic rings. The molecule has 9 nitrogen and oxygen atoms in total. The number of carboxylic acid groups (broad SMARTS) is 1. The molecule has 1 saturated carbocycles. The minimum atomic E-state index is -1.36. The number of nitrogens with one attached hydrogen (secondary N) is 1. The van der Waals surface area contributed by atoms with Gasteiger partial charge in [0.25, 0.3) is 0 Å². The van der Waals surface area contributed by atoms with Crippen molar-refractivity contribution in [1.29, 1.82) is 0 Å². The van der Waals surface area contributed by atoms with Gasteiger partial charge in [0.2, 0.25) is 11.3 Å². The van der Waals surface area contributed by atoms with E-state index in [1.54, 1.807) is 33.5 Å². The zero-order valence-corrected chi connectivity index (χ0v) is 20.0. The number of anilines is 1. The molecule has 1 amide bonds. The highest BCUT2D eigenvalue weighted by Gasteiger charge is 2.33. The van der Waals surface area contributed by atoms with Crippen molar-refractivity contribution in [2.75, 3.05) is 18.0 Å². The number of halogens is 2. The first-order valence-electron chi connectivity index (χ1n) is 11.5. The second-order valence-corrected chi connectivity index (χ2v) is 9.69. The van der Waals surface area contributed by atoms with Gasteiger partial charge in [0.05, 0.1) is 33.6 Å². The van der Waals surface area contributed by atoms with Gasteiger partial charge in [-0.25, -0.2) is 14.2 Å². The number of aromatic nitrogens is 3. The van der Waals surface area contributed by atoms with Gasteiger partial charge < -0.3 is 24.5 Å². The van der Waals surface area contributed by atoms with Crippen LogP contribution in [0.3, 0.4) is 0 Å². The molecule has 2 fully saturated rings. The summed E-state index contributed by atoms with van der Waals surface area (Å²) < 4.78 is 18.7. The van der Waals surface area contributed by atoms with Gasteiger partial charge >= 0.3 is 5.97 Å². The number of amides is 1. The Morgan fingerprint density at radius 1 is 1.29 bits per heavy atom. The molecule has 0 radical (unpaired) electrons. The van der Waals surface area contributed by atoms with Crippen LogP contribution in [0.15, 0.2) is 29.6 Å². The lowest BCUT2D eigenvalue weighted by Gasteiger charge is -2.24. The fourth-order valence-electron chi connectivity index (χ4n) is 4.70. The second-order valence-electron chi connectivity index (χ2n) is 9.31. The first kappa shape index (κ1) is 23.3. The lowest BCUT2D eigenvalue weighted by Crippen LogP contribution is -2.40. The van der Waals surface area contributed by atoms with Gasteiger partial charge in [-0.3, -0.25) is 9.59 Å². The molecular formula is C24H25ClFN5O4. The fraction of sp³-hybridized carbons (Fsp3) is 0.417. The third-order valence-electron chi connectivity index (χ3n) is 6.76. The van der Waals surface area contributed by atoms with Crippen LogP contribution in [-0.4, -0.2) is 50.2 Å². The number of aryl methyl sites for hydroxylation is 1. The Balaban J connectivity index is 1.44. The minimum absolute atomic E-state index is 0.0194. The molecule has 2 atom stereocenters. The molecule has 35 heavy (non-hydrogen) atoms. The lowest BCUT2D eigenvalue weighted by molar-refractivity contribution is -0.124. The van der Waals surface area contributed by atoms with Crippen molar-refractivity contribution in [3.63, 3.8) is 0 Å². The Morgan fingerprint density at radius 2 is 2.03 bits per heavy atom. The molecule has 184 valence electrons. The standard InChI is InChI=1S/C24H25ClFN5O4/c1-12-8-30(11-27-12)13(2)23(33)28-14-5-6-29(9-14)21-18(26)7-16-20(19(21)25)31(15-3-4-15)10-17(22(16)32)24(34)35/h7-8,10-11,13-15H,3-6,9H2,1-2H3,(H,28,33)(H,34,35). The third kappa shape index (κ3) is 4.16. The van der Waals surface area contributed by atoms with Gasteiger partial charge in [0, 0.05) is 37.6 Å². The Hall–Kier alpha value is -3.40. The fourth-order valence-corrected chi connectivity index (χ4v) is 5.11. The van der Waals surface area contributed by atoms with Gasteiger partial charge in [-0.1, -0.05) is 11.6 Å². The summed E-state index contributed by atoms with van der Waals surface area (Å²) in [6.45, 7) is 4.45. The molecule has 0 spiro atoms. The maximum Gasteiger partial charge on any atom is 0.341 e. The van der Waals surface area contributed by atoms with E-state index in [4.69, 9.17) is 11.6 Å². The SMILES string of the molecule is Cc1cn(C(C)C(=O)NC2CCN(c3c(F)cc4c(=O)c(C(=O)O)cn(C5CC5)c4c3Cl)C2)cn1. The monoisotopic (exact) mass is 501 g/mol. The maximum absolute atomic E-state index is 15.3. The Bertz CT molecular complexity index is 1410. The minimum Gasteiger partial charge on any atom is -0.477 e. The first-order chi connectivity index (χ1) is 16.7. The van der Waals surface area contributed by atoms with E-state index in [-0.39, 0.29) is 34.1 Å². The predicted octanol–water partition coefficient (Wildman–Crippen LogP) is 3.29. The summed E-state index contributed by atoms with van der Waals surface area (Å²) >= 11 is 6.71. The third-order valence-corrected chi connectivity index (χ3v) is 7.12. The Kier molecular flexibility index (Phi) is 5.79. The van der Waals surface area contributed by atoms with Gasteiger partial charge in [0.15, 0.2) is 0 Å². The largest absolute Gasteiger partial charge is 0.477 e. The van der Waals surface area contributed by atoms with Crippen molar-refractivity contribution < 1.29 is 19.1 Å². The molecule has 3 heterocycles. The van der Waals surface area contributed by atoms with Crippen molar-refractivity contribution in [2.45, 2.75) is 51.2 Å². The number of carboxylic acids is 1. The van der Waals surface area contributed by atoms with E-state index in [2.05, 4.69) is 10.3 Å². The van der Waals surface area contributed by atoms with E-state index in [1.807, 2.05) is 6.92 Å². The number of hydrogen-bond donors (Lipinski definition) is 2. The number of rotatable bonds is 6. The molecule has 2 N–H and O–H groups in total. The number of imidazole rings is 1. The molecule has 1 aromatic carbocycles. The van der Waals surface area contributed by atoms with Crippen molar-refractivity contribution in [3.05, 3.63) is 57.1 Å². The van der Waals surface area contributed by atoms with Crippen molar-refractivity contribution in [1.82, 2.24) is 19.4 Å². The molecule has 2 unspecified atom stereocenters. The van der Waals surface area contributed by atoms with Crippen LogP contribution in [0.5, 0.6) is 0 Å². The number of nitrogens with zero attached hydrogens (tertiary/aromatic N) is 4. The smallest absolute Gasteiger partial charge is 0.341 e. The number of carbonyl (C=O) groups is 2. The first-order valence-corrected chi connectivity index (χ1v) is 11.9. The van der Waals surface area contributed by atoms with E-state index in [1.165, 1.54) is 6.20 Å². The van der Waals surface area contributed by atoms with Crippen LogP contribution in [0.25, 0.3) is 10.9 Å². The summed E-state index contributed by atoms with van der Waals surface area (Å²) in [5.74, 6) is -2.22. The Morgan fingerprint density at radius 3 is 2.66 bits per heavy atom. The molecule has 5 rings (SSSR count). The van der Waals surface area contributed by atoms with Crippen molar-refractivity contribution in [2.24, 2.45) is 0 Å². The average Bonchev–Trinajstić information content (AvgIpc) is 3.40. The van der Waals surface area contributed by atoms with Gasteiger partial charge in [-0.15, -0.1) is 0 Å². The van der Waals surface area contributed by atoms with Crippen LogP contribution in [0.4, 0.5) is 10.1 Å². The second kappa shape index (κ2) is 8.67. The van der Waals surface area contributed by atoms with Crippen molar-refractivity contribution >= 4 is 40.1 Å². The normalized spacial score (nSPS) is 18.7. The number of aromatic carboxylic acids is 1. The summed E-state index contributed by atoms with van der Waals surface area (Å²) in [6, 6.07) is 0.453. The van der Waals surface area contributed by atoms with Crippen LogP contribution in [0.2, 0.25) is 5.02 Å². The molecular weight excluding hydrogens is 477 g/mol. The van der Waals surface area contributed by atoms with Crippen LogP contribution in [-0.2, 0) is 4.79 Å². The summed E-state index contributed by atoms with van der Waals surface area (Å²) in [4.78, 5) is 43.0. The van der Waals surface area contributed by atoms with E-state index >= 15 is 4.39 Å². The van der Waals surface area contributed by atoms with Gasteiger partial charge in [0.1, 0.15) is 17.4 Å². The number of hydrogen-bond acceptors (Lipinski definition) is 5. The van der Waals surface area contributed by atoms with Crippen LogP contribution >= 0.6 is 11.6 Å². The summed E-state index contributed by atoms with van der Waals surface area (Å²) in [5.41, 5.74) is 0.160. The number of carbonyl (C=O) groups excluding carboxylic acids is 1. The molecule has 2 aromatic heterocycles. The van der Waals surface area contributed by atoms with Gasteiger partial charge in [-0.05, 0) is 39.2 Å². The molecule has 1 aliphatic carbocycles. The highest BCUT2D eigenvalue weighted by Crippen LogP contribution is 2.42. The number of benzene rings is 1. The Labute approximate surface area is 205 Å². The van der Waals surface area contributed by atoms with Crippen LogP contribution in [0, 0.1) is 12.7 Å². The predicted molar refractivity (Wildman–Crippen MR) is 129 cm³/mol. The van der Waals surface area contributed by atoms with Crippen molar-refractivity contribution in [3.8, 4) is 0 Å². The quantitative estimate of drug-likeness (QED) is 0.536. The number of fused-ring (bicyclic) bond motifs is 1. The lowest BCUT2D eigenvalue weighted by atomic mass is 10.1. The molecule has 1 saturated heterocycles. The van der Waals surface area contributed by atoms with Crippen LogP contribution in [0.1, 0.15) is 54.3 Å². The zero-order valence-electron chi connectivity index (χ0n) is 19.3. The molecule has 0 bridgehead atoms. The molecule has 1 aliphatic heterocycles. The molecule has 11 heteroatoms. The summed E-state index contributed by atoms with van der Waals surface area (Å²) in [6.07, 6.45) is 6.97. The zero-order chi connectivity index (χ0) is 25.0. The molecule has 3 aromatic rings. The highest BCUT2D eigenvalue weighted by molar-refractivity contribution is 6.38. The summed E-state index contributed by atoms with van der Waals surface area (Å²) in [5, 5.41) is 12.5. The van der Waals surface area contributed by atoms with E-state index in [0.29, 0.717) is 25.0 Å². The topological polar surface area (TPSA) is 109 Å². The average molecular weight is 502 g/mol. The van der Waals surface area contributed by atoms with Gasteiger partial charge in [-0.2, -0.15) is 0 Å². The van der Waals surface area contributed by atoms with E-state index in [0.717, 1.165) is 24.6 Å². The van der Waals surface area contributed by atoms with E-state index in [9.17, 15) is 19.5 Å². The van der Waals surface area contributed by atoms with Crippen LogP contribution < -0.4 is 15.6 Å². The number of pyridine rings is 1. The highest BCUT2D eigenvalue weighted by atomic mass is 35.5. The van der Waals surface area contributed by atoms with E-state index < -0.39 is 28.8 Å². The summed E-state index contributed by atoms with van der Waals surface area (Å²) in [7, 11) is 0.